The Bertz CT molecular complexity index is 1050. The van der Waals surface area contributed by atoms with Crippen molar-refractivity contribution in [2.24, 2.45) is 0 Å². The molecule has 1 aromatic heterocycles. The standard InChI is InChI=1S/C21H15F2NO3/c1-13(21(26)15-7-10-17(22)18(23)12-15)27-20(25)11-9-16-8-6-14-4-2-3-5-19(14)24-16/h2-13H,1H3. The summed E-state index contributed by atoms with van der Waals surface area (Å²) in [6.07, 6.45) is 1.49. The van der Waals surface area contributed by atoms with Crippen molar-refractivity contribution in [1.29, 1.82) is 0 Å². The van der Waals surface area contributed by atoms with Gasteiger partial charge >= 0.3 is 5.97 Å². The molecule has 6 heteroatoms. The lowest BCUT2D eigenvalue weighted by atomic mass is 10.1. The van der Waals surface area contributed by atoms with Crippen LogP contribution in [0.4, 0.5) is 8.78 Å². The number of hydrogen-bond acceptors (Lipinski definition) is 4. The second kappa shape index (κ2) is 7.86. The fourth-order valence-corrected chi connectivity index (χ4v) is 2.48. The van der Waals surface area contributed by atoms with Crippen LogP contribution in [0.1, 0.15) is 23.0 Å². The number of halogens is 2. The first kappa shape index (κ1) is 18.4. The van der Waals surface area contributed by atoms with Crippen LogP contribution in [0.5, 0.6) is 0 Å². The molecular weight excluding hydrogens is 352 g/mol. The van der Waals surface area contributed by atoms with Gasteiger partial charge in [0.25, 0.3) is 0 Å². The van der Waals surface area contributed by atoms with Crippen LogP contribution in [-0.2, 0) is 9.53 Å². The van der Waals surface area contributed by atoms with Gasteiger partial charge in [0.15, 0.2) is 17.7 Å². The van der Waals surface area contributed by atoms with E-state index in [9.17, 15) is 18.4 Å². The number of hydrogen-bond donors (Lipinski definition) is 0. The van der Waals surface area contributed by atoms with Crippen molar-refractivity contribution in [2.45, 2.75) is 13.0 Å². The summed E-state index contributed by atoms with van der Waals surface area (Å²) >= 11 is 0. The summed E-state index contributed by atoms with van der Waals surface area (Å²) in [4.78, 5) is 28.5. The van der Waals surface area contributed by atoms with E-state index in [0.717, 1.165) is 35.2 Å². The van der Waals surface area contributed by atoms with Crippen molar-refractivity contribution in [1.82, 2.24) is 4.98 Å². The highest BCUT2D eigenvalue weighted by molar-refractivity contribution is 6.01. The maximum atomic E-state index is 13.2. The Hall–Kier alpha value is -3.41. The third kappa shape index (κ3) is 4.41. The first-order valence-electron chi connectivity index (χ1n) is 8.18. The maximum Gasteiger partial charge on any atom is 0.331 e. The molecule has 27 heavy (non-hydrogen) atoms. The van der Waals surface area contributed by atoms with Crippen molar-refractivity contribution in [3.05, 3.63) is 83.6 Å². The maximum absolute atomic E-state index is 13.2. The van der Waals surface area contributed by atoms with Gasteiger partial charge in [0, 0.05) is 17.0 Å². The third-order valence-electron chi connectivity index (χ3n) is 3.88. The fraction of sp³-hybridized carbons (Fsp3) is 0.0952. The summed E-state index contributed by atoms with van der Waals surface area (Å²) in [5.74, 6) is -3.56. The fourth-order valence-electron chi connectivity index (χ4n) is 2.48. The quantitative estimate of drug-likeness (QED) is 0.382. The third-order valence-corrected chi connectivity index (χ3v) is 3.88. The van der Waals surface area contributed by atoms with Gasteiger partial charge in [-0.2, -0.15) is 0 Å². The lowest BCUT2D eigenvalue weighted by Gasteiger charge is -2.11. The lowest BCUT2D eigenvalue weighted by Crippen LogP contribution is -2.23. The molecule has 0 radical (unpaired) electrons. The molecule has 0 saturated heterocycles. The number of ether oxygens (including phenoxy) is 1. The summed E-state index contributed by atoms with van der Waals surface area (Å²) in [5, 5.41) is 0.975. The van der Waals surface area contributed by atoms with E-state index < -0.39 is 29.5 Å². The average Bonchev–Trinajstić information content (AvgIpc) is 2.67. The average molecular weight is 367 g/mol. The minimum atomic E-state index is -1.14. The van der Waals surface area contributed by atoms with E-state index in [1.807, 2.05) is 30.3 Å². The number of para-hydroxylation sites is 1. The van der Waals surface area contributed by atoms with Crippen LogP contribution in [-0.4, -0.2) is 22.8 Å². The van der Waals surface area contributed by atoms with E-state index in [1.54, 1.807) is 6.07 Å². The van der Waals surface area contributed by atoms with Gasteiger partial charge in [-0.1, -0.05) is 24.3 Å². The molecule has 1 heterocycles. The molecule has 0 aliphatic carbocycles. The van der Waals surface area contributed by atoms with Crippen LogP contribution < -0.4 is 0 Å². The van der Waals surface area contributed by atoms with Crippen molar-refractivity contribution in [2.75, 3.05) is 0 Å². The molecule has 0 amide bonds. The van der Waals surface area contributed by atoms with Crippen LogP contribution in [0.25, 0.3) is 17.0 Å². The molecule has 0 bridgehead atoms. The highest BCUT2D eigenvalue weighted by Gasteiger charge is 2.19. The minimum Gasteiger partial charge on any atom is -0.451 e. The molecular formula is C21H15F2NO3. The smallest absolute Gasteiger partial charge is 0.331 e. The molecule has 1 atom stereocenters. The molecule has 0 aliphatic rings. The van der Waals surface area contributed by atoms with Gasteiger partial charge in [-0.3, -0.25) is 4.79 Å². The van der Waals surface area contributed by atoms with Gasteiger partial charge in [-0.15, -0.1) is 0 Å². The Labute approximate surface area is 154 Å². The van der Waals surface area contributed by atoms with Crippen molar-refractivity contribution in [3.8, 4) is 0 Å². The van der Waals surface area contributed by atoms with Gasteiger partial charge in [-0.05, 0) is 43.3 Å². The Balaban J connectivity index is 1.65. The zero-order chi connectivity index (χ0) is 19.4. The van der Waals surface area contributed by atoms with Crippen LogP contribution in [0, 0.1) is 11.6 Å². The topological polar surface area (TPSA) is 56.3 Å². The van der Waals surface area contributed by atoms with Crippen molar-refractivity contribution in [3.63, 3.8) is 0 Å². The number of aromatic nitrogens is 1. The van der Waals surface area contributed by atoms with Gasteiger partial charge in [0.2, 0.25) is 5.78 Å². The molecule has 136 valence electrons. The van der Waals surface area contributed by atoms with Gasteiger partial charge < -0.3 is 4.74 Å². The summed E-state index contributed by atoms with van der Waals surface area (Å²) in [6, 6.07) is 13.9. The molecule has 0 spiro atoms. The number of Topliss-reactive ketones (excluding diaryl/α,β-unsaturated/α-hetero) is 1. The number of rotatable bonds is 5. The number of ketones is 1. The molecule has 0 N–H and O–H groups in total. The van der Waals surface area contributed by atoms with E-state index in [0.29, 0.717) is 5.69 Å². The van der Waals surface area contributed by atoms with E-state index in [2.05, 4.69) is 4.98 Å². The zero-order valence-corrected chi connectivity index (χ0v) is 14.4. The lowest BCUT2D eigenvalue weighted by molar-refractivity contribution is -0.140. The number of fused-ring (bicyclic) bond motifs is 1. The summed E-state index contributed by atoms with van der Waals surface area (Å²) in [7, 11) is 0. The van der Waals surface area contributed by atoms with Gasteiger partial charge in [0.05, 0.1) is 11.2 Å². The van der Waals surface area contributed by atoms with E-state index in [1.165, 1.54) is 13.0 Å². The number of esters is 1. The molecule has 0 fully saturated rings. The number of carbonyl (C=O) groups is 2. The molecule has 0 aliphatic heterocycles. The Morgan fingerprint density at radius 3 is 2.59 bits per heavy atom. The van der Waals surface area contributed by atoms with E-state index >= 15 is 0 Å². The first-order chi connectivity index (χ1) is 12.9. The number of pyridine rings is 1. The predicted molar refractivity (Wildman–Crippen MR) is 97.0 cm³/mol. The highest BCUT2D eigenvalue weighted by Crippen LogP contribution is 2.14. The molecule has 4 nitrogen and oxygen atoms in total. The van der Waals surface area contributed by atoms with Gasteiger partial charge in [-0.25, -0.2) is 18.6 Å². The van der Waals surface area contributed by atoms with Gasteiger partial charge in [0.1, 0.15) is 0 Å². The summed E-state index contributed by atoms with van der Waals surface area (Å²) in [6.45, 7) is 1.36. The normalized spacial score (nSPS) is 12.3. The van der Waals surface area contributed by atoms with Crippen molar-refractivity contribution >= 4 is 28.7 Å². The number of carbonyl (C=O) groups excluding carboxylic acids is 2. The largest absolute Gasteiger partial charge is 0.451 e. The first-order valence-corrected chi connectivity index (χ1v) is 8.18. The molecule has 3 rings (SSSR count). The molecule has 2 aromatic carbocycles. The zero-order valence-electron chi connectivity index (χ0n) is 14.4. The predicted octanol–water partition coefficient (Wildman–Crippen LogP) is 4.34. The van der Waals surface area contributed by atoms with E-state index in [-0.39, 0.29) is 5.56 Å². The minimum absolute atomic E-state index is 0.0747. The molecule has 1 unspecified atom stereocenters. The summed E-state index contributed by atoms with van der Waals surface area (Å²) < 4.78 is 31.2. The highest BCUT2D eigenvalue weighted by atomic mass is 19.2. The summed E-state index contributed by atoms with van der Waals surface area (Å²) in [5.41, 5.74) is 1.27. The second-order valence-corrected chi connectivity index (χ2v) is 5.83. The molecule has 0 saturated carbocycles. The Morgan fingerprint density at radius 2 is 1.81 bits per heavy atom. The SMILES string of the molecule is CC(OC(=O)C=Cc1ccc2ccccc2n1)C(=O)c1ccc(F)c(F)c1. The molecule has 3 aromatic rings. The van der Waals surface area contributed by atoms with Crippen LogP contribution in [0.2, 0.25) is 0 Å². The van der Waals surface area contributed by atoms with Crippen molar-refractivity contribution < 1.29 is 23.1 Å². The Kier molecular flexibility index (Phi) is 5.35. The number of nitrogens with zero attached hydrogens (tertiary/aromatic N) is 1. The Morgan fingerprint density at radius 1 is 1.04 bits per heavy atom. The van der Waals surface area contributed by atoms with E-state index in [4.69, 9.17) is 4.74 Å². The van der Waals surface area contributed by atoms with Crippen LogP contribution >= 0.6 is 0 Å². The van der Waals surface area contributed by atoms with Crippen LogP contribution in [0.3, 0.4) is 0 Å². The second-order valence-electron chi connectivity index (χ2n) is 5.83. The monoisotopic (exact) mass is 367 g/mol. The van der Waals surface area contributed by atoms with Crippen LogP contribution in [0.15, 0.2) is 60.7 Å². The number of benzene rings is 2.